The number of carbonyl (C=O) groups excluding carboxylic acids is 1. The highest BCUT2D eigenvalue weighted by atomic mass is 79.9. The smallest absolute Gasteiger partial charge is 0.337 e. The molecule has 2 rings (SSSR count). The first-order valence-corrected chi connectivity index (χ1v) is 7.20. The van der Waals surface area contributed by atoms with Gasteiger partial charge in [0.1, 0.15) is 5.82 Å². The molecule has 0 amide bonds. The summed E-state index contributed by atoms with van der Waals surface area (Å²) in [5, 5.41) is 3.18. The molecule has 0 spiro atoms. The zero-order valence-corrected chi connectivity index (χ0v) is 13.3. The summed E-state index contributed by atoms with van der Waals surface area (Å²) in [4.78, 5) is 11.5. The lowest BCUT2D eigenvalue weighted by Crippen LogP contribution is -2.09. The number of methoxy groups -OCH3 is 1. The van der Waals surface area contributed by atoms with Gasteiger partial charge >= 0.3 is 5.97 Å². The lowest BCUT2D eigenvalue weighted by atomic mass is 10.1. The van der Waals surface area contributed by atoms with Gasteiger partial charge in [-0.2, -0.15) is 0 Å². The number of hydrogen-bond acceptors (Lipinski definition) is 3. The van der Waals surface area contributed by atoms with Crippen LogP contribution < -0.4 is 5.32 Å². The first kappa shape index (κ1) is 15.5. The van der Waals surface area contributed by atoms with Gasteiger partial charge in [-0.15, -0.1) is 0 Å². The first-order valence-electron chi connectivity index (χ1n) is 6.41. The van der Waals surface area contributed by atoms with E-state index in [1.807, 2.05) is 13.0 Å². The Morgan fingerprint density at radius 2 is 2.05 bits per heavy atom. The minimum atomic E-state index is -0.403. The summed E-state index contributed by atoms with van der Waals surface area (Å²) >= 11 is 3.33. The summed E-state index contributed by atoms with van der Waals surface area (Å²) in [5.41, 5.74) is 1.72. The highest BCUT2D eigenvalue weighted by molar-refractivity contribution is 9.10. The summed E-state index contributed by atoms with van der Waals surface area (Å²) in [7, 11) is 1.34. The van der Waals surface area contributed by atoms with Crippen molar-refractivity contribution in [3.05, 3.63) is 63.9 Å². The Morgan fingerprint density at radius 3 is 2.76 bits per heavy atom. The zero-order valence-electron chi connectivity index (χ0n) is 11.7. The lowest BCUT2D eigenvalue weighted by molar-refractivity contribution is 0.0601. The number of hydrogen-bond donors (Lipinski definition) is 1. The van der Waals surface area contributed by atoms with E-state index in [4.69, 9.17) is 0 Å². The molecule has 110 valence electrons. The minimum absolute atomic E-state index is 0.240. The second kappa shape index (κ2) is 6.72. The molecule has 1 atom stereocenters. The summed E-state index contributed by atoms with van der Waals surface area (Å²) in [6.07, 6.45) is 0. The first-order chi connectivity index (χ1) is 10.0. The zero-order chi connectivity index (χ0) is 15.4. The number of ether oxygens (including phenoxy) is 1. The van der Waals surface area contributed by atoms with Crippen molar-refractivity contribution in [2.45, 2.75) is 13.0 Å². The van der Waals surface area contributed by atoms with Crippen molar-refractivity contribution in [2.24, 2.45) is 0 Å². The Kier molecular flexibility index (Phi) is 4.96. The van der Waals surface area contributed by atoms with Crippen molar-refractivity contribution in [2.75, 3.05) is 12.4 Å². The van der Waals surface area contributed by atoms with E-state index < -0.39 is 5.97 Å². The number of anilines is 1. The van der Waals surface area contributed by atoms with Crippen LogP contribution in [0.1, 0.15) is 28.9 Å². The Bertz CT molecular complexity index is 660. The minimum Gasteiger partial charge on any atom is -0.465 e. The van der Waals surface area contributed by atoms with Crippen LogP contribution in [-0.4, -0.2) is 13.1 Å². The predicted molar refractivity (Wildman–Crippen MR) is 83.9 cm³/mol. The van der Waals surface area contributed by atoms with Crippen LogP contribution in [0.3, 0.4) is 0 Å². The average Bonchev–Trinajstić information content (AvgIpc) is 2.49. The molecule has 0 bridgehead atoms. The number of rotatable bonds is 4. The van der Waals surface area contributed by atoms with E-state index >= 15 is 0 Å². The Morgan fingerprint density at radius 1 is 1.29 bits per heavy atom. The molecule has 21 heavy (non-hydrogen) atoms. The quantitative estimate of drug-likeness (QED) is 0.821. The molecule has 3 nitrogen and oxygen atoms in total. The largest absolute Gasteiger partial charge is 0.465 e. The van der Waals surface area contributed by atoms with Crippen LogP contribution in [0.5, 0.6) is 0 Å². The average molecular weight is 352 g/mol. The van der Waals surface area contributed by atoms with Gasteiger partial charge in [0, 0.05) is 15.7 Å². The molecule has 5 heteroatoms. The van der Waals surface area contributed by atoms with Crippen molar-refractivity contribution in [1.29, 1.82) is 0 Å². The van der Waals surface area contributed by atoms with Gasteiger partial charge in [0.25, 0.3) is 0 Å². The van der Waals surface area contributed by atoms with Crippen molar-refractivity contribution >= 4 is 27.6 Å². The molecule has 0 aliphatic carbocycles. The van der Waals surface area contributed by atoms with Crippen LogP contribution in [0, 0.1) is 5.82 Å². The Hall–Kier alpha value is -1.88. The third-order valence-corrected chi connectivity index (χ3v) is 3.58. The van der Waals surface area contributed by atoms with Crippen LogP contribution in [-0.2, 0) is 4.74 Å². The number of esters is 1. The van der Waals surface area contributed by atoms with Gasteiger partial charge in [-0.1, -0.05) is 22.0 Å². The Labute approximate surface area is 131 Å². The van der Waals surface area contributed by atoms with E-state index in [-0.39, 0.29) is 11.9 Å². The number of halogens is 2. The van der Waals surface area contributed by atoms with E-state index in [9.17, 15) is 9.18 Å². The standard InChI is InChI=1S/C16H15BrFNO2/c1-10(14-9-12(17)6-7-15(14)18)19-13-5-3-4-11(8-13)16(20)21-2/h3-10,19H,1-2H3. The molecule has 2 aromatic carbocycles. The molecule has 0 radical (unpaired) electrons. The predicted octanol–water partition coefficient (Wildman–Crippen LogP) is 4.55. The van der Waals surface area contributed by atoms with Gasteiger partial charge in [0.05, 0.1) is 18.7 Å². The SMILES string of the molecule is COC(=O)c1cccc(NC(C)c2cc(Br)ccc2F)c1. The summed E-state index contributed by atoms with van der Waals surface area (Å²) in [6, 6.07) is 11.5. The van der Waals surface area contributed by atoms with Gasteiger partial charge < -0.3 is 10.1 Å². The third-order valence-electron chi connectivity index (χ3n) is 3.09. The molecule has 0 aliphatic heterocycles. The fourth-order valence-corrected chi connectivity index (χ4v) is 2.41. The van der Waals surface area contributed by atoms with Crippen molar-refractivity contribution < 1.29 is 13.9 Å². The fourth-order valence-electron chi connectivity index (χ4n) is 2.03. The molecular formula is C16H15BrFNO2. The summed E-state index contributed by atoms with van der Waals surface area (Å²) in [6.45, 7) is 1.86. The number of benzene rings is 2. The molecule has 0 aliphatic rings. The van der Waals surface area contributed by atoms with Crippen LogP contribution in [0.2, 0.25) is 0 Å². The molecule has 1 unspecified atom stereocenters. The van der Waals surface area contributed by atoms with Crippen LogP contribution in [0.4, 0.5) is 10.1 Å². The summed E-state index contributed by atoms with van der Waals surface area (Å²) < 4.78 is 19.3. The van der Waals surface area contributed by atoms with Gasteiger partial charge in [-0.3, -0.25) is 0 Å². The maximum absolute atomic E-state index is 13.8. The van der Waals surface area contributed by atoms with E-state index in [1.54, 1.807) is 30.3 Å². The second-order valence-electron chi connectivity index (χ2n) is 4.60. The van der Waals surface area contributed by atoms with E-state index in [0.29, 0.717) is 11.1 Å². The van der Waals surface area contributed by atoms with Crippen LogP contribution in [0.25, 0.3) is 0 Å². The molecule has 0 heterocycles. The lowest BCUT2D eigenvalue weighted by Gasteiger charge is -2.17. The molecule has 0 saturated heterocycles. The fraction of sp³-hybridized carbons (Fsp3) is 0.188. The molecule has 0 saturated carbocycles. The summed E-state index contributed by atoms with van der Waals surface area (Å²) in [5.74, 6) is -0.678. The topological polar surface area (TPSA) is 38.3 Å². The molecule has 0 aromatic heterocycles. The Balaban J connectivity index is 2.21. The second-order valence-corrected chi connectivity index (χ2v) is 5.52. The van der Waals surface area contributed by atoms with Crippen molar-refractivity contribution in [3.63, 3.8) is 0 Å². The molecular weight excluding hydrogens is 337 g/mol. The van der Waals surface area contributed by atoms with Gasteiger partial charge in [0.2, 0.25) is 0 Å². The highest BCUT2D eigenvalue weighted by Crippen LogP contribution is 2.25. The van der Waals surface area contributed by atoms with Crippen molar-refractivity contribution in [1.82, 2.24) is 0 Å². The molecule has 1 N–H and O–H groups in total. The normalized spacial score (nSPS) is 11.8. The van der Waals surface area contributed by atoms with Crippen LogP contribution >= 0.6 is 15.9 Å². The number of carbonyl (C=O) groups is 1. The van der Waals surface area contributed by atoms with E-state index in [0.717, 1.165) is 10.2 Å². The van der Waals surface area contributed by atoms with E-state index in [2.05, 4.69) is 26.0 Å². The monoisotopic (exact) mass is 351 g/mol. The molecule has 2 aromatic rings. The van der Waals surface area contributed by atoms with Crippen LogP contribution in [0.15, 0.2) is 46.9 Å². The van der Waals surface area contributed by atoms with Gasteiger partial charge in [0.15, 0.2) is 0 Å². The highest BCUT2D eigenvalue weighted by Gasteiger charge is 2.12. The number of nitrogens with one attached hydrogen (secondary N) is 1. The van der Waals surface area contributed by atoms with Crippen molar-refractivity contribution in [3.8, 4) is 0 Å². The molecule has 0 fully saturated rings. The third kappa shape index (κ3) is 3.82. The maximum atomic E-state index is 13.8. The van der Waals surface area contributed by atoms with E-state index in [1.165, 1.54) is 13.2 Å². The van der Waals surface area contributed by atoms with Gasteiger partial charge in [-0.25, -0.2) is 9.18 Å². The van der Waals surface area contributed by atoms with Gasteiger partial charge in [-0.05, 0) is 43.3 Å². The maximum Gasteiger partial charge on any atom is 0.337 e.